The summed E-state index contributed by atoms with van der Waals surface area (Å²) in [6, 6.07) is 22.7. The summed E-state index contributed by atoms with van der Waals surface area (Å²) < 4.78 is 12.3. The van der Waals surface area contributed by atoms with Gasteiger partial charge in [0.05, 0.1) is 24.3 Å². The Morgan fingerprint density at radius 2 is 1.33 bits per heavy atom. The van der Waals surface area contributed by atoms with Crippen LogP contribution in [0.25, 0.3) is 32.7 Å². The molecule has 1 heterocycles. The van der Waals surface area contributed by atoms with E-state index in [1.165, 1.54) is 0 Å². The largest absolute Gasteiger partial charge is 0.493 e. The van der Waals surface area contributed by atoms with Crippen LogP contribution in [0.2, 0.25) is 0 Å². The molecule has 5 nitrogen and oxygen atoms in total. The Balaban J connectivity index is 1.77. The van der Waals surface area contributed by atoms with Crippen molar-refractivity contribution in [2.45, 2.75) is 52.6 Å². The minimum Gasteiger partial charge on any atom is -0.493 e. The van der Waals surface area contributed by atoms with Gasteiger partial charge in [-0.3, -0.25) is 4.99 Å². The molecule has 0 spiro atoms. The number of benzene rings is 4. The van der Waals surface area contributed by atoms with Crippen molar-refractivity contribution in [2.75, 3.05) is 13.2 Å². The summed E-state index contributed by atoms with van der Waals surface area (Å²) in [6.07, 6.45) is 0. The van der Waals surface area contributed by atoms with Crippen molar-refractivity contribution in [2.24, 2.45) is 4.99 Å². The third kappa shape index (κ3) is 3.70. The number of rotatable bonds is 6. The quantitative estimate of drug-likeness (QED) is 0.288. The van der Waals surface area contributed by atoms with Gasteiger partial charge in [0, 0.05) is 16.7 Å². The van der Waals surface area contributed by atoms with E-state index >= 15 is 0 Å². The third-order valence-corrected chi connectivity index (χ3v) is 7.56. The van der Waals surface area contributed by atoms with Crippen LogP contribution in [0.3, 0.4) is 0 Å². The molecule has 0 aromatic heterocycles. The molecular weight excluding hydrogens is 448 g/mol. The number of amidine groups is 1. The van der Waals surface area contributed by atoms with Gasteiger partial charge in [0.2, 0.25) is 0 Å². The van der Waals surface area contributed by atoms with E-state index in [0.29, 0.717) is 19.0 Å². The number of fused-ring (bicyclic) bond motifs is 2. The van der Waals surface area contributed by atoms with Crippen LogP contribution in [-0.4, -0.2) is 35.2 Å². The molecule has 4 aromatic rings. The third-order valence-electron chi connectivity index (χ3n) is 7.56. The van der Waals surface area contributed by atoms with Gasteiger partial charge < -0.3 is 9.47 Å². The number of hydrogen-bond donors (Lipinski definition) is 0. The van der Waals surface area contributed by atoms with Gasteiger partial charge in [-0.1, -0.05) is 53.7 Å². The summed E-state index contributed by atoms with van der Waals surface area (Å²) >= 11 is 0. The fourth-order valence-electron chi connectivity index (χ4n) is 4.91. The van der Waals surface area contributed by atoms with Crippen LogP contribution < -0.4 is 9.47 Å². The van der Waals surface area contributed by atoms with Gasteiger partial charge in [-0.2, -0.15) is 5.06 Å². The maximum atomic E-state index is 13.2. The Hall–Kier alpha value is -3.57. The average Bonchev–Trinajstić information content (AvgIpc) is 3.03. The highest BCUT2D eigenvalue weighted by Gasteiger charge is 2.50. The van der Waals surface area contributed by atoms with Crippen molar-refractivity contribution >= 4 is 27.4 Å². The lowest BCUT2D eigenvalue weighted by atomic mass is 9.84. The monoisotopic (exact) mass is 481 g/mol. The molecule has 36 heavy (non-hydrogen) atoms. The zero-order valence-corrected chi connectivity index (χ0v) is 21.9. The van der Waals surface area contributed by atoms with Gasteiger partial charge in [-0.25, -0.2) is 0 Å². The van der Waals surface area contributed by atoms with E-state index in [1.807, 2.05) is 65.8 Å². The van der Waals surface area contributed by atoms with Crippen molar-refractivity contribution in [1.29, 1.82) is 0 Å². The Morgan fingerprint density at radius 1 is 0.750 bits per heavy atom. The predicted molar refractivity (Wildman–Crippen MR) is 146 cm³/mol. The molecule has 0 saturated carbocycles. The maximum absolute atomic E-state index is 13.2. The average molecular weight is 482 g/mol. The molecule has 5 heteroatoms. The van der Waals surface area contributed by atoms with Crippen molar-refractivity contribution in [1.82, 2.24) is 5.06 Å². The van der Waals surface area contributed by atoms with E-state index in [9.17, 15) is 5.21 Å². The van der Waals surface area contributed by atoms with Gasteiger partial charge in [0.25, 0.3) is 0 Å². The first-order valence-electron chi connectivity index (χ1n) is 12.6. The molecular formula is C31H33N2O3. The Labute approximate surface area is 212 Å². The molecule has 0 unspecified atom stereocenters. The fourth-order valence-corrected chi connectivity index (χ4v) is 4.91. The summed E-state index contributed by atoms with van der Waals surface area (Å²) in [4.78, 5) is 4.82. The van der Waals surface area contributed by atoms with Crippen LogP contribution in [0.1, 0.15) is 47.1 Å². The summed E-state index contributed by atoms with van der Waals surface area (Å²) in [5.74, 6) is 2.10. The van der Waals surface area contributed by atoms with Gasteiger partial charge in [0.1, 0.15) is 11.5 Å². The van der Waals surface area contributed by atoms with Gasteiger partial charge >= 0.3 is 0 Å². The highest BCUT2D eigenvalue weighted by Crippen LogP contribution is 2.46. The van der Waals surface area contributed by atoms with Crippen LogP contribution in [0.5, 0.6) is 11.5 Å². The van der Waals surface area contributed by atoms with Crippen LogP contribution >= 0.6 is 0 Å². The molecule has 1 radical (unpaired) electrons. The lowest BCUT2D eigenvalue weighted by molar-refractivity contribution is -0.158. The zero-order chi connectivity index (χ0) is 25.7. The topological polar surface area (TPSA) is 54.0 Å². The molecule has 1 aliphatic heterocycles. The summed E-state index contributed by atoms with van der Waals surface area (Å²) in [5.41, 5.74) is 1.71. The molecule has 0 N–H and O–H groups in total. The zero-order valence-electron chi connectivity index (χ0n) is 21.9. The molecule has 0 bridgehead atoms. The van der Waals surface area contributed by atoms with E-state index in [1.54, 1.807) is 0 Å². The standard InChI is InChI=1S/C31H33N2O3/c1-7-35-25-17-14-20-11-9-10-12-23(20)27(25)28-24-16-13-22(19-21(24)15-18-26(28)36-8-2)29-32-30(3,4)31(5,6)33(29)34/h9-19H,7-8H2,1-6H3. The highest BCUT2D eigenvalue weighted by molar-refractivity contribution is 6.11. The van der Waals surface area contributed by atoms with Gasteiger partial charge in [-0.15, -0.1) is 0 Å². The lowest BCUT2D eigenvalue weighted by Crippen LogP contribution is -2.50. The second kappa shape index (κ2) is 8.82. The Kier molecular flexibility index (Phi) is 5.92. The van der Waals surface area contributed by atoms with Crippen LogP contribution in [-0.2, 0) is 5.21 Å². The number of ether oxygens (including phenoxy) is 2. The number of aliphatic imine (C=N–C) groups is 1. The first-order valence-corrected chi connectivity index (χ1v) is 12.6. The van der Waals surface area contributed by atoms with Gasteiger partial charge in [-0.05, 0) is 81.3 Å². The van der Waals surface area contributed by atoms with E-state index < -0.39 is 11.1 Å². The lowest BCUT2D eigenvalue weighted by Gasteiger charge is -2.35. The first-order chi connectivity index (χ1) is 17.2. The molecule has 185 valence electrons. The van der Waals surface area contributed by atoms with Crippen LogP contribution in [0.4, 0.5) is 0 Å². The molecule has 0 fully saturated rings. The number of hydroxylamine groups is 2. The maximum Gasteiger partial charge on any atom is 0.159 e. The number of hydrogen-bond acceptors (Lipinski definition) is 4. The minimum absolute atomic E-state index is 0.475. The molecule has 0 saturated heterocycles. The second-order valence-corrected chi connectivity index (χ2v) is 10.2. The summed E-state index contributed by atoms with van der Waals surface area (Å²) in [6.45, 7) is 13.0. The van der Waals surface area contributed by atoms with E-state index in [-0.39, 0.29) is 0 Å². The molecule has 1 aliphatic rings. The Bertz CT molecular complexity index is 1490. The van der Waals surface area contributed by atoms with Crippen molar-refractivity contribution in [3.63, 3.8) is 0 Å². The first kappa shape index (κ1) is 24.1. The Morgan fingerprint density at radius 3 is 1.92 bits per heavy atom. The van der Waals surface area contributed by atoms with Crippen molar-refractivity contribution in [3.8, 4) is 22.6 Å². The molecule has 0 amide bonds. The van der Waals surface area contributed by atoms with E-state index in [0.717, 1.165) is 54.8 Å². The second-order valence-electron chi connectivity index (χ2n) is 10.2. The summed E-state index contributed by atoms with van der Waals surface area (Å²) in [5, 5.41) is 18.6. The molecule has 4 aromatic carbocycles. The SMILES string of the molecule is CCOc1ccc2ccccc2c1-c1c(OCC)ccc2cc(C3=NC(C)(C)C(C)(C)N3[O])ccc12. The molecule has 0 aliphatic carbocycles. The van der Waals surface area contributed by atoms with Crippen molar-refractivity contribution in [3.05, 3.63) is 72.3 Å². The smallest absolute Gasteiger partial charge is 0.159 e. The van der Waals surface area contributed by atoms with E-state index in [4.69, 9.17) is 14.5 Å². The van der Waals surface area contributed by atoms with Crippen molar-refractivity contribution < 1.29 is 14.7 Å². The summed E-state index contributed by atoms with van der Waals surface area (Å²) in [7, 11) is 0. The fraction of sp³-hybridized carbons (Fsp3) is 0.323. The predicted octanol–water partition coefficient (Wildman–Crippen LogP) is 7.42. The minimum atomic E-state index is -0.628. The van der Waals surface area contributed by atoms with Crippen LogP contribution in [0.15, 0.2) is 71.7 Å². The van der Waals surface area contributed by atoms with E-state index in [2.05, 4.69) is 42.5 Å². The molecule has 5 rings (SSSR count). The normalized spacial score (nSPS) is 16.4. The molecule has 0 atom stereocenters. The van der Waals surface area contributed by atoms with Gasteiger partial charge in [0.15, 0.2) is 5.84 Å². The highest BCUT2D eigenvalue weighted by atomic mass is 16.5. The van der Waals surface area contributed by atoms with Crippen LogP contribution in [0, 0.1) is 0 Å². The number of nitrogens with zero attached hydrogens (tertiary/aromatic N) is 2.